The van der Waals surface area contributed by atoms with Crippen molar-refractivity contribution in [3.05, 3.63) is 129 Å². The summed E-state index contributed by atoms with van der Waals surface area (Å²) in [7, 11) is -10.0. The lowest BCUT2D eigenvalue weighted by Gasteiger charge is -2.16. The predicted octanol–water partition coefficient (Wildman–Crippen LogP) is 8.63. The van der Waals surface area contributed by atoms with Crippen LogP contribution in [0.25, 0.3) is 21.5 Å². The molecular formula is C44H36N6O14S2. The van der Waals surface area contributed by atoms with Crippen LogP contribution in [0.1, 0.15) is 36.8 Å². The molecule has 0 saturated heterocycles. The number of benzene rings is 6. The van der Waals surface area contributed by atoms with Crippen molar-refractivity contribution >= 4 is 99.2 Å². The second-order valence-electron chi connectivity index (χ2n) is 14.9. The van der Waals surface area contributed by atoms with E-state index in [1.165, 1.54) is 36.4 Å². The third-order valence-corrected chi connectivity index (χ3v) is 12.0. The molecule has 0 radical (unpaired) electrons. The van der Waals surface area contributed by atoms with Crippen molar-refractivity contribution in [1.82, 2.24) is 0 Å². The third kappa shape index (κ3) is 10.4. The van der Waals surface area contributed by atoms with Gasteiger partial charge in [-0.15, -0.1) is 10.2 Å². The lowest BCUT2D eigenvalue weighted by molar-refractivity contribution is -0.138. The molecule has 0 aliphatic heterocycles. The van der Waals surface area contributed by atoms with Gasteiger partial charge in [0.15, 0.2) is 11.5 Å². The Balaban J connectivity index is 1.12. The van der Waals surface area contributed by atoms with E-state index in [0.717, 1.165) is 23.3 Å². The second kappa shape index (κ2) is 18.7. The van der Waals surface area contributed by atoms with E-state index < -0.39 is 75.7 Å². The van der Waals surface area contributed by atoms with Crippen LogP contribution in [0.5, 0.6) is 11.5 Å². The maximum atomic E-state index is 12.8. The fourth-order valence-electron chi connectivity index (χ4n) is 6.93. The molecule has 0 aliphatic rings. The van der Waals surface area contributed by atoms with Gasteiger partial charge in [0.1, 0.15) is 32.5 Å². The number of fused-ring (bicyclic) bond motifs is 2. The van der Waals surface area contributed by atoms with Crippen LogP contribution in [0.15, 0.2) is 137 Å². The highest BCUT2D eigenvalue weighted by Crippen LogP contribution is 2.44. The summed E-state index contributed by atoms with van der Waals surface area (Å²) in [6.07, 6.45) is 1.82. The van der Waals surface area contributed by atoms with Gasteiger partial charge in [-0.1, -0.05) is 24.3 Å². The Morgan fingerprint density at radius 1 is 0.515 bits per heavy atom. The molecule has 66 heavy (non-hydrogen) atoms. The van der Waals surface area contributed by atoms with Crippen molar-refractivity contribution in [2.24, 2.45) is 20.5 Å². The highest BCUT2D eigenvalue weighted by atomic mass is 32.2. The van der Waals surface area contributed by atoms with Crippen molar-refractivity contribution in [3.8, 4) is 11.5 Å². The molecule has 7 aromatic rings. The van der Waals surface area contributed by atoms with Crippen molar-refractivity contribution in [3.63, 3.8) is 0 Å². The van der Waals surface area contributed by atoms with Crippen molar-refractivity contribution in [2.45, 2.75) is 48.3 Å². The molecule has 7 aromatic carbocycles. The Hall–Kier alpha value is -7.92. The van der Waals surface area contributed by atoms with Gasteiger partial charge in [-0.05, 0) is 120 Å². The molecule has 0 saturated carbocycles. The Labute approximate surface area is 373 Å². The van der Waals surface area contributed by atoms with E-state index in [0.29, 0.717) is 25.7 Å². The van der Waals surface area contributed by atoms with Crippen molar-refractivity contribution in [2.75, 3.05) is 10.6 Å². The highest BCUT2D eigenvalue weighted by Gasteiger charge is 2.26. The zero-order valence-corrected chi connectivity index (χ0v) is 35.7. The number of carbonyl (C=O) groups is 2. The van der Waals surface area contributed by atoms with Crippen molar-refractivity contribution < 1.29 is 56.0 Å². The Kier molecular flexibility index (Phi) is 13.0. The van der Waals surface area contributed by atoms with Crippen LogP contribution in [-0.2, 0) is 42.7 Å². The van der Waals surface area contributed by atoms with Gasteiger partial charge in [-0.2, -0.15) is 27.1 Å². The molecule has 0 unspecified atom stereocenters. The van der Waals surface area contributed by atoms with Crippen LogP contribution in [0, 0.1) is 0 Å². The lowest BCUT2D eigenvalue weighted by atomic mass is 10.1. The number of aromatic hydroxyl groups is 2. The Morgan fingerprint density at radius 2 is 0.879 bits per heavy atom. The first-order valence-electron chi connectivity index (χ1n) is 19.6. The molecule has 8 N–H and O–H groups in total. The summed E-state index contributed by atoms with van der Waals surface area (Å²) in [5.41, 5.74) is -0.956. The minimum absolute atomic E-state index is 0.00199. The molecule has 0 aromatic heterocycles. The molecule has 0 spiro atoms. The number of phenolic OH excluding ortho intramolecular Hbond substituents is 2. The van der Waals surface area contributed by atoms with E-state index in [-0.39, 0.29) is 68.5 Å². The number of anilines is 4. The maximum absolute atomic E-state index is 12.8. The second-order valence-corrected chi connectivity index (χ2v) is 17.6. The summed E-state index contributed by atoms with van der Waals surface area (Å²) >= 11 is 0. The minimum atomic E-state index is -5.00. The van der Waals surface area contributed by atoms with Gasteiger partial charge < -0.3 is 31.1 Å². The largest absolute Gasteiger partial charge is 0.505 e. The number of aliphatic carboxylic acids is 2. The lowest BCUT2D eigenvalue weighted by Crippen LogP contribution is -2.35. The van der Waals surface area contributed by atoms with Crippen LogP contribution in [-0.4, -0.2) is 58.3 Å². The first-order valence-corrected chi connectivity index (χ1v) is 22.5. The van der Waals surface area contributed by atoms with Crippen molar-refractivity contribution in [1.29, 1.82) is 0 Å². The molecule has 20 nitrogen and oxygen atoms in total. The molecule has 22 heteroatoms. The van der Waals surface area contributed by atoms with E-state index in [4.69, 9.17) is 10.2 Å². The van der Waals surface area contributed by atoms with Gasteiger partial charge >= 0.3 is 11.9 Å². The number of hydrogen-bond acceptors (Lipinski definition) is 16. The number of carboxylic acids is 2. The fraction of sp³-hybridized carbons (Fsp3) is 0.136. The highest BCUT2D eigenvalue weighted by molar-refractivity contribution is 7.86. The number of azo groups is 2. The number of rotatable bonds is 18. The van der Waals surface area contributed by atoms with Gasteiger partial charge in [0.2, 0.25) is 0 Å². The van der Waals surface area contributed by atoms with E-state index >= 15 is 0 Å². The standard InChI is InChI=1S/C44H36N6O14S2/c51-35(52)5-1-3-23-7-11-27(12-8-23)47-49-37-33(65(59,60)61)21-25-19-29(15-17-31(25)41(37)55)45-39-40(44(58)43(39)57)46-30-16-18-32-26(20-30)22-34(66(62,63)64)38(42(32)56)50-48-28-13-9-24(10-14-28)4-2-6-36(53)54/h7-22,45-46,55-56H,1-6H2,(H,51,52)(H,53,54)(H,59,60,61)(H,62,63,64). The maximum Gasteiger partial charge on any atom is 0.303 e. The molecule has 338 valence electrons. The molecule has 0 heterocycles. The average molecular weight is 937 g/mol. The van der Waals surface area contributed by atoms with Gasteiger partial charge in [-0.25, -0.2) is 0 Å². The Morgan fingerprint density at radius 3 is 1.21 bits per heavy atom. The van der Waals surface area contributed by atoms with Gasteiger partial charge in [0.25, 0.3) is 31.1 Å². The molecule has 0 aliphatic carbocycles. The summed E-state index contributed by atoms with van der Waals surface area (Å²) in [6, 6.07) is 23.2. The van der Waals surface area contributed by atoms with E-state index in [9.17, 15) is 55.3 Å². The minimum Gasteiger partial charge on any atom is -0.505 e. The number of hydrogen-bond donors (Lipinski definition) is 8. The predicted molar refractivity (Wildman–Crippen MR) is 241 cm³/mol. The molecular weight excluding hydrogens is 901 g/mol. The van der Waals surface area contributed by atoms with Crippen LogP contribution in [0.4, 0.5) is 45.5 Å². The number of nitrogens with zero attached hydrogens (tertiary/aromatic N) is 4. The zero-order valence-electron chi connectivity index (χ0n) is 34.0. The number of nitrogens with one attached hydrogen (secondary N) is 2. The van der Waals surface area contributed by atoms with Crippen LogP contribution in [0.2, 0.25) is 0 Å². The number of carboxylic acid groups (broad SMARTS) is 2. The number of aryl methyl sites for hydroxylation is 2. The van der Waals surface area contributed by atoms with E-state index in [1.54, 1.807) is 48.5 Å². The normalized spacial score (nSPS) is 12.2. The third-order valence-electron chi connectivity index (χ3n) is 10.2. The molecule has 0 atom stereocenters. The van der Waals surface area contributed by atoms with Crippen LogP contribution in [0.3, 0.4) is 0 Å². The summed E-state index contributed by atoms with van der Waals surface area (Å²) < 4.78 is 70.2. The zero-order chi connectivity index (χ0) is 47.5. The summed E-state index contributed by atoms with van der Waals surface area (Å²) in [5.74, 6) is -3.13. The quantitative estimate of drug-likeness (QED) is 0.0227. The summed E-state index contributed by atoms with van der Waals surface area (Å²) in [5, 5.41) is 61.7. The first kappa shape index (κ1) is 46.1. The first-order chi connectivity index (χ1) is 31.3. The Bertz CT molecular complexity index is 3210. The van der Waals surface area contributed by atoms with E-state index in [2.05, 4.69) is 31.1 Å². The van der Waals surface area contributed by atoms with Gasteiger partial charge in [0, 0.05) is 35.0 Å². The molecule has 0 amide bonds. The topological polar surface area (TPSA) is 331 Å². The monoisotopic (exact) mass is 936 g/mol. The van der Waals surface area contributed by atoms with Gasteiger partial charge in [0.05, 0.1) is 11.4 Å². The molecule has 0 fully saturated rings. The smallest absolute Gasteiger partial charge is 0.303 e. The average Bonchev–Trinajstić information content (AvgIpc) is 3.26. The molecule has 0 bridgehead atoms. The fourth-order valence-corrected chi connectivity index (χ4v) is 8.24. The summed E-state index contributed by atoms with van der Waals surface area (Å²) in [6.45, 7) is 0. The molecule has 7 rings (SSSR count). The SMILES string of the molecule is O=C(O)CCCc1ccc(N=Nc2c(S(=O)(=O)O)cc3cc(Nc4c(Nc5ccc6c(O)c(N=Nc7ccc(CCCC(=O)O)cc7)c(S(=O)(=O)O)cc6c5)c(=O)c4=O)ccc3c2O)cc1. The number of phenols is 2. The van der Waals surface area contributed by atoms with Crippen LogP contribution >= 0.6 is 0 Å². The van der Waals surface area contributed by atoms with E-state index in [1.807, 2.05) is 0 Å². The summed E-state index contributed by atoms with van der Waals surface area (Å²) in [4.78, 5) is 45.6. The van der Waals surface area contributed by atoms with Crippen LogP contribution < -0.4 is 21.5 Å². The van der Waals surface area contributed by atoms with Gasteiger partial charge in [-0.3, -0.25) is 28.3 Å².